The van der Waals surface area contributed by atoms with Crippen molar-refractivity contribution < 1.29 is 4.79 Å². The van der Waals surface area contributed by atoms with Crippen molar-refractivity contribution in [2.24, 2.45) is 5.41 Å². The Bertz CT molecular complexity index is 244. The number of Topliss-reactive ketones (excluding diaryl/α,β-unsaturated/α-hetero) is 1. The number of piperidine rings is 1. The van der Waals surface area contributed by atoms with E-state index in [-0.39, 0.29) is 5.41 Å². The highest BCUT2D eigenvalue weighted by molar-refractivity contribution is 5.86. The topological polar surface area (TPSA) is 52.9 Å². The fraction of sp³-hybridized carbons (Fsp3) is 0.800. The van der Waals surface area contributed by atoms with E-state index in [0.29, 0.717) is 37.6 Å². The first kappa shape index (κ1) is 10.2. The molecule has 0 aromatic heterocycles. The Labute approximate surface area is 79.1 Å². The molecule has 72 valence electrons. The zero-order chi connectivity index (χ0) is 9.90. The monoisotopic (exact) mass is 180 g/mol. The molecule has 0 saturated carbocycles. The predicted molar refractivity (Wildman–Crippen MR) is 50.0 cm³/mol. The molecule has 13 heavy (non-hydrogen) atoms. The van der Waals surface area contributed by atoms with Crippen LogP contribution in [0.25, 0.3) is 0 Å². The zero-order valence-electron chi connectivity index (χ0n) is 8.26. The van der Waals surface area contributed by atoms with Gasteiger partial charge in [0.25, 0.3) is 0 Å². The van der Waals surface area contributed by atoms with Gasteiger partial charge in [0, 0.05) is 30.8 Å². The molecule has 3 heteroatoms. The Morgan fingerprint density at radius 1 is 1.77 bits per heavy atom. The lowest BCUT2D eigenvalue weighted by Gasteiger charge is -2.35. The van der Waals surface area contributed by atoms with Crippen LogP contribution >= 0.6 is 0 Å². The van der Waals surface area contributed by atoms with Gasteiger partial charge in [0.15, 0.2) is 0 Å². The third-order valence-corrected chi connectivity index (χ3v) is 2.79. The highest BCUT2D eigenvalue weighted by atomic mass is 16.1. The van der Waals surface area contributed by atoms with Crippen LogP contribution in [0, 0.1) is 16.7 Å². The van der Waals surface area contributed by atoms with Crippen molar-refractivity contribution in [1.29, 1.82) is 5.26 Å². The van der Waals surface area contributed by atoms with E-state index in [0.717, 1.165) is 0 Å². The van der Waals surface area contributed by atoms with E-state index in [9.17, 15) is 4.79 Å². The van der Waals surface area contributed by atoms with Crippen LogP contribution in [0.15, 0.2) is 0 Å². The van der Waals surface area contributed by atoms with E-state index in [1.165, 1.54) is 0 Å². The lowest BCUT2D eigenvalue weighted by atomic mass is 9.76. The molecular weight excluding hydrogens is 164 g/mol. The van der Waals surface area contributed by atoms with Gasteiger partial charge in [-0.15, -0.1) is 0 Å². The van der Waals surface area contributed by atoms with E-state index in [4.69, 9.17) is 5.26 Å². The number of rotatable bonds is 2. The minimum atomic E-state index is -0.303. The summed E-state index contributed by atoms with van der Waals surface area (Å²) in [6.07, 6.45) is 1.75. The average molecular weight is 180 g/mol. The summed E-state index contributed by atoms with van der Waals surface area (Å²) >= 11 is 0. The molecule has 0 spiro atoms. The number of nitriles is 1. The second-order valence-electron chi connectivity index (χ2n) is 4.13. The lowest BCUT2D eigenvalue weighted by Crippen LogP contribution is -2.49. The number of ketones is 1. The largest absolute Gasteiger partial charge is 0.313 e. The molecule has 0 radical (unpaired) electrons. The van der Waals surface area contributed by atoms with Gasteiger partial charge < -0.3 is 5.32 Å². The number of hydrogen-bond donors (Lipinski definition) is 1. The fourth-order valence-electron chi connectivity index (χ4n) is 1.65. The van der Waals surface area contributed by atoms with Gasteiger partial charge in [-0.1, -0.05) is 6.92 Å². The fourth-order valence-corrected chi connectivity index (χ4v) is 1.65. The maximum absolute atomic E-state index is 11.7. The van der Waals surface area contributed by atoms with Crippen LogP contribution in [0.5, 0.6) is 0 Å². The minimum absolute atomic E-state index is 0.294. The highest BCUT2D eigenvalue weighted by Gasteiger charge is 2.36. The van der Waals surface area contributed by atoms with Crippen LogP contribution in [-0.2, 0) is 4.79 Å². The van der Waals surface area contributed by atoms with Crippen LogP contribution < -0.4 is 5.32 Å². The number of carbonyl (C=O) groups excluding carboxylic acids is 1. The summed E-state index contributed by atoms with van der Waals surface area (Å²) in [5.74, 6) is 0.300. The molecule has 0 amide bonds. The van der Waals surface area contributed by atoms with Gasteiger partial charge in [0.2, 0.25) is 0 Å². The van der Waals surface area contributed by atoms with E-state index >= 15 is 0 Å². The highest BCUT2D eigenvalue weighted by Crippen LogP contribution is 2.28. The van der Waals surface area contributed by atoms with Gasteiger partial charge in [-0.2, -0.15) is 5.26 Å². The van der Waals surface area contributed by atoms with E-state index in [2.05, 4.69) is 11.4 Å². The Morgan fingerprint density at radius 2 is 2.46 bits per heavy atom. The molecule has 2 unspecified atom stereocenters. The molecule has 2 atom stereocenters. The molecule has 1 aliphatic rings. The normalized spacial score (nSPS) is 34.2. The number of hydrogen-bond acceptors (Lipinski definition) is 3. The van der Waals surface area contributed by atoms with Crippen molar-refractivity contribution >= 4 is 5.78 Å². The van der Waals surface area contributed by atoms with Crippen LogP contribution in [-0.4, -0.2) is 18.4 Å². The predicted octanol–water partition coefficient (Wildman–Crippen LogP) is 1.25. The maximum atomic E-state index is 11.7. The Balaban J connectivity index is 2.58. The first-order chi connectivity index (χ1) is 6.08. The third kappa shape index (κ3) is 2.28. The first-order valence-electron chi connectivity index (χ1n) is 4.72. The Kier molecular flexibility index (Phi) is 3.05. The van der Waals surface area contributed by atoms with Gasteiger partial charge in [-0.25, -0.2) is 0 Å². The summed E-state index contributed by atoms with van der Waals surface area (Å²) in [5.41, 5.74) is -0.303. The molecule has 1 rings (SSSR count). The third-order valence-electron chi connectivity index (χ3n) is 2.79. The van der Waals surface area contributed by atoms with Crippen molar-refractivity contribution in [1.82, 2.24) is 5.32 Å². The van der Waals surface area contributed by atoms with Crippen LogP contribution in [0.1, 0.15) is 33.1 Å². The van der Waals surface area contributed by atoms with Crippen molar-refractivity contribution in [3.8, 4) is 6.07 Å². The SMILES string of the molecule is CC1CC(=O)C(C)(CCC#N)CN1. The van der Waals surface area contributed by atoms with Gasteiger partial charge in [-0.3, -0.25) is 4.79 Å². The number of nitrogens with zero attached hydrogens (tertiary/aromatic N) is 1. The van der Waals surface area contributed by atoms with Crippen LogP contribution in [0.2, 0.25) is 0 Å². The molecule has 1 saturated heterocycles. The van der Waals surface area contributed by atoms with Crippen molar-refractivity contribution in [2.75, 3.05) is 6.54 Å². The molecule has 0 aromatic carbocycles. The summed E-state index contributed by atoms with van der Waals surface area (Å²) in [6.45, 7) is 4.68. The van der Waals surface area contributed by atoms with Crippen molar-refractivity contribution in [2.45, 2.75) is 39.2 Å². The number of nitrogens with one attached hydrogen (secondary N) is 1. The summed E-state index contributed by atoms with van der Waals surface area (Å²) in [5, 5.41) is 11.7. The summed E-state index contributed by atoms with van der Waals surface area (Å²) in [6, 6.07) is 2.39. The Morgan fingerprint density at radius 3 is 3.00 bits per heavy atom. The van der Waals surface area contributed by atoms with Crippen molar-refractivity contribution in [3.05, 3.63) is 0 Å². The molecule has 1 heterocycles. The van der Waals surface area contributed by atoms with E-state index in [1.807, 2.05) is 13.8 Å². The molecule has 0 aromatic rings. The molecular formula is C10H16N2O. The van der Waals surface area contributed by atoms with Crippen LogP contribution in [0.4, 0.5) is 0 Å². The smallest absolute Gasteiger partial charge is 0.141 e. The van der Waals surface area contributed by atoms with Crippen molar-refractivity contribution in [3.63, 3.8) is 0 Å². The zero-order valence-corrected chi connectivity index (χ0v) is 8.26. The van der Waals surface area contributed by atoms with Gasteiger partial charge in [0.05, 0.1) is 6.07 Å². The maximum Gasteiger partial charge on any atom is 0.141 e. The summed E-state index contributed by atoms with van der Waals surface area (Å²) in [7, 11) is 0. The molecule has 1 N–H and O–H groups in total. The molecule has 0 aliphatic carbocycles. The second kappa shape index (κ2) is 3.89. The summed E-state index contributed by atoms with van der Waals surface area (Å²) in [4.78, 5) is 11.7. The summed E-state index contributed by atoms with van der Waals surface area (Å²) < 4.78 is 0. The number of carbonyl (C=O) groups is 1. The molecule has 3 nitrogen and oxygen atoms in total. The minimum Gasteiger partial charge on any atom is -0.313 e. The van der Waals surface area contributed by atoms with Gasteiger partial charge in [0.1, 0.15) is 5.78 Å². The first-order valence-corrected chi connectivity index (χ1v) is 4.72. The van der Waals surface area contributed by atoms with Gasteiger partial charge in [-0.05, 0) is 13.3 Å². The molecule has 1 fully saturated rings. The standard InChI is InChI=1S/C10H16N2O/c1-8-6-9(13)10(2,7-12-8)4-3-5-11/h8,12H,3-4,6-7H2,1-2H3. The second-order valence-corrected chi connectivity index (χ2v) is 4.13. The Hall–Kier alpha value is -0.880. The van der Waals surface area contributed by atoms with E-state index in [1.54, 1.807) is 0 Å². The van der Waals surface area contributed by atoms with Crippen LogP contribution in [0.3, 0.4) is 0 Å². The molecule has 1 aliphatic heterocycles. The van der Waals surface area contributed by atoms with E-state index < -0.39 is 0 Å². The average Bonchev–Trinajstić information content (AvgIpc) is 2.09. The lowest BCUT2D eigenvalue weighted by molar-refractivity contribution is -0.130. The quantitative estimate of drug-likeness (QED) is 0.695. The van der Waals surface area contributed by atoms with Gasteiger partial charge >= 0.3 is 0 Å². The molecule has 0 bridgehead atoms.